The molecule has 108 valence electrons. The van der Waals surface area contributed by atoms with Gasteiger partial charge in [0.05, 0.1) is 30.1 Å². The van der Waals surface area contributed by atoms with Gasteiger partial charge >= 0.3 is 12.1 Å². The van der Waals surface area contributed by atoms with E-state index >= 15 is 0 Å². The summed E-state index contributed by atoms with van der Waals surface area (Å²) in [5, 5.41) is 11.6. The van der Waals surface area contributed by atoms with E-state index in [1.165, 1.54) is 19.2 Å². The molecule has 1 unspecified atom stereocenters. The molecule has 1 heterocycles. The van der Waals surface area contributed by atoms with Gasteiger partial charge in [0.15, 0.2) is 0 Å². The fourth-order valence-electron chi connectivity index (χ4n) is 2.30. The van der Waals surface area contributed by atoms with Crippen molar-refractivity contribution in [1.29, 1.82) is 0 Å². The Bertz CT molecular complexity index is 532. The molecule has 0 aliphatic carbocycles. The summed E-state index contributed by atoms with van der Waals surface area (Å²) in [5.41, 5.74) is 7.26. The van der Waals surface area contributed by atoms with Crippen LogP contribution < -0.4 is 16.0 Å². The summed E-state index contributed by atoms with van der Waals surface area (Å²) < 4.78 is 4.56. The first-order valence-electron chi connectivity index (χ1n) is 6.23. The Hall–Kier alpha value is -2.44. The van der Waals surface area contributed by atoms with Gasteiger partial charge in [-0.2, -0.15) is 0 Å². The zero-order valence-electron chi connectivity index (χ0n) is 11.1. The number of amides is 1. The van der Waals surface area contributed by atoms with Gasteiger partial charge in [-0.1, -0.05) is 0 Å². The van der Waals surface area contributed by atoms with E-state index < -0.39 is 12.1 Å². The highest BCUT2D eigenvalue weighted by molar-refractivity contribution is 5.90. The first-order valence-corrected chi connectivity index (χ1v) is 6.23. The van der Waals surface area contributed by atoms with E-state index in [-0.39, 0.29) is 11.6 Å². The van der Waals surface area contributed by atoms with E-state index in [0.717, 1.165) is 18.7 Å². The summed E-state index contributed by atoms with van der Waals surface area (Å²) in [7, 11) is 1.32. The molecule has 1 amide bonds. The van der Waals surface area contributed by atoms with Crippen molar-refractivity contribution in [1.82, 2.24) is 5.32 Å². The summed E-state index contributed by atoms with van der Waals surface area (Å²) in [6.07, 6.45) is 0.334. The van der Waals surface area contributed by atoms with Crippen LogP contribution in [0, 0.1) is 0 Å². The van der Waals surface area contributed by atoms with Crippen LogP contribution in [0.15, 0.2) is 18.2 Å². The highest BCUT2D eigenvalue weighted by Gasteiger charge is 2.25. The summed E-state index contributed by atoms with van der Waals surface area (Å²) >= 11 is 0. The maximum Gasteiger partial charge on any atom is 0.407 e. The molecule has 1 saturated heterocycles. The minimum Gasteiger partial charge on any atom is -0.478 e. The predicted molar refractivity (Wildman–Crippen MR) is 74.0 cm³/mol. The maximum absolute atomic E-state index is 11.2. The lowest BCUT2D eigenvalue weighted by atomic mass is 10.1. The van der Waals surface area contributed by atoms with Crippen LogP contribution in [-0.4, -0.2) is 43.4 Å². The number of nitrogen functional groups attached to an aromatic ring is 1. The molecule has 1 fully saturated rings. The number of carboxylic acid groups (broad SMARTS) is 1. The molecule has 0 bridgehead atoms. The number of carboxylic acids is 1. The first-order chi connectivity index (χ1) is 9.51. The number of carbonyl (C=O) groups is 2. The number of nitrogens with two attached hydrogens (primary N) is 1. The van der Waals surface area contributed by atoms with Crippen molar-refractivity contribution < 1.29 is 19.4 Å². The van der Waals surface area contributed by atoms with Crippen molar-refractivity contribution >= 4 is 23.4 Å². The Morgan fingerprint density at radius 3 is 2.85 bits per heavy atom. The molecule has 1 aliphatic rings. The van der Waals surface area contributed by atoms with Crippen molar-refractivity contribution in [2.45, 2.75) is 12.5 Å². The lowest BCUT2D eigenvalue weighted by Crippen LogP contribution is -2.37. The second-order valence-electron chi connectivity index (χ2n) is 4.65. The van der Waals surface area contributed by atoms with Crippen LogP contribution >= 0.6 is 0 Å². The second-order valence-corrected chi connectivity index (χ2v) is 4.65. The van der Waals surface area contributed by atoms with Gasteiger partial charge in [0, 0.05) is 13.1 Å². The van der Waals surface area contributed by atoms with Crippen molar-refractivity contribution in [3.05, 3.63) is 23.8 Å². The number of methoxy groups -OCH3 is 1. The Labute approximate surface area is 116 Å². The normalized spacial score (nSPS) is 17.9. The van der Waals surface area contributed by atoms with Gasteiger partial charge in [0.2, 0.25) is 0 Å². The average Bonchev–Trinajstić information content (AvgIpc) is 2.86. The number of aromatic carboxylic acids is 1. The van der Waals surface area contributed by atoms with Crippen LogP contribution in [0.3, 0.4) is 0 Å². The zero-order valence-corrected chi connectivity index (χ0v) is 11.1. The molecule has 1 aliphatic heterocycles. The highest BCUT2D eigenvalue weighted by atomic mass is 16.5. The molecule has 20 heavy (non-hydrogen) atoms. The topological polar surface area (TPSA) is 105 Å². The van der Waals surface area contributed by atoms with Gasteiger partial charge in [-0.05, 0) is 24.6 Å². The number of hydrogen-bond acceptors (Lipinski definition) is 5. The summed E-state index contributed by atoms with van der Waals surface area (Å²) in [6.45, 7) is 1.36. The van der Waals surface area contributed by atoms with Crippen LogP contribution in [-0.2, 0) is 4.74 Å². The third-order valence-corrected chi connectivity index (χ3v) is 3.31. The Morgan fingerprint density at radius 2 is 2.25 bits per heavy atom. The summed E-state index contributed by atoms with van der Waals surface area (Å²) in [4.78, 5) is 24.0. The van der Waals surface area contributed by atoms with Crippen LogP contribution in [0.5, 0.6) is 0 Å². The molecule has 0 radical (unpaired) electrons. The molecule has 1 aromatic carbocycles. The minimum absolute atomic E-state index is 0.000926. The minimum atomic E-state index is -1.00. The van der Waals surface area contributed by atoms with Crippen molar-refractivity contribution in [3.63, 3.8) is 0 Å². The number of rotatable bonds is 3. The van der Waals surface area contributed by atoms with Crippen molar-refractivity contribution in [2.75, 3.05) is 30.8 Å². The van der Waals surface area contributed by atoms with Crippen molar-refractivity contribution in [3.8, 4) is 0 Å². The smallest absolute Gasteiger partial charge is 0.407 e. The van der Waals surface area contributed by atoms with E-state index in [1.54, 1.807) is 6.07 Å². The third kappa shape index (κ3) is 2.93. The molecule has 0 spiro atoms. The summed E-state index contributed by atoms with van der Waals surface area (Å²) in [6, 6.07) is 4.66. The number of anilines is 2. The monoisotopic (exact) mass is 279 g/mol. The van der Waals surface area contributed by atoms with Gasteiger partial charge in [-0.15, -0.1) is 0 Å². The standard InChI is InChI=1S/C13H17N3O4/c1-20-13(19)15-9-4-5-16(7-9)11-3-2-8(12(17)18)6-10(11)14/h2-3,6,9H,4-5,7,14H2,1H3,(H,15,19)(H,17,18). The summed E-state index contributed by atoms with van der Waals surface area (Å²) in [5.74, 6) is -1.00. The van der Waals surface area contributed by atoms with Crippen LogP contribution in [0.1, 0.15) is 16.8 Å². The molecule has 7 nitrogen and oxygen atoms in total. The quantitative estimate of drug-likeness (QED) is 0.710. The number of nitrogens with zero attached hydrogens (tertiary/aromatic N) is 1. The Morgan fingerprint density at radius 1 is 1.50 bits per heavy atom. The molecule has 1 atom stereocenters. The molecule has 7 heteroatoms. The molecule has 0 saturated carbocycles. The van der Waals surface area contributed by atoms with E-state index in [1.807, 2.05) is 4.90 Å². The number of hydrogen-bond donors (Lipinski definition) is 3. The lowest BCUT2D eigenvalue weighted by molar-refractivity contribution is 0.0697. The second kappa shape index (κ2) is 5.68. The van der Waals surface area contributed by atoms with Gasteiger partial charge < -0.3 is 25.8 Å². The number of alkyl carbamates (subject to hydrolysis) is 1. The van der Waals surface area contributed by atoms with Crippen LogP contribution in [0.25, 0.3) is 0 Å². The zero-order chi connectivity index (χ0) is 14.7. The van der Waals surface area contributed by atoms with Gasteiger partial charge in [0.25, 0.3) is 0 Å². The molecular weight excluding hydrogens is 262 g/mol. The fourth-order valence-corrected chi connectivity index (χ4v) is 2.30. The van der Waals surface area contributed by atoms with E-state index in [0.29, 0.717) is 12.2 Å². The Kier molecular flexibility index (Phi) is 3.97. The maximum atomic E-state index is 11.2. The van der Waals surface area contributed by atoms with Crippen LogP contribution in [0.2, 0.25) is 0 Å². The van der Waals surface area contributed by atoms with Gasteiger partial charge in [0.1, 0.15) is 0 Å². The number of ether oxygens (including phenoxy) is 1. The molecular formula is C13H17N3O4. The Balaban J connectivity index is 2.06. The highest BCUT2D eigenvalue weighted by Crippen LogP contribution is 2.27. The fraction of sp³-hybridized carbons (Fsp3) is 0.385. The predicted octanol–water partition coefficient (Wildman–Crippen LogP) is 0.902. The van der Waals surface area contributed by atoms with Crippen LogP contribution in [0.4, 0.5) is 16.2 Å². The average molecular weight is 279 g/mol. The van der Waals surface area contributed by atoms with Gasteiger partial charge in [-0.3, -0.25) is 0 Å². The number of carbonyl (C=O) groups excluding carboxylic acids is 1. The largest absolute Gasteiger partial charge is 0.478 e. The molecule has 4 N–H and O–H groups in total. The number of nitrogens with one attached hydrogen (secondary N) is 1. The number of benzene rings is 1. The van der Waals surface area contributed by atoms with E-state index in [2.05, 4.69) is 10.1 Å². The molecule has 1 aromatic rings. The third-order valence-electron chi connectivity index (χ3n) is 3.31. The van der Waals surface area contributed by atoms with E-state index in [9.17, 15) is 9.59 Å². The molecule has 0 aromatic heterocycles. The molecule has 2 rings (SSSR count). The SMILES string of the molecule is COC(=O)NC1CCN(c2ccc(C(=O)O)cc2N)C1. The first kappa shape index (κ1) is 14.0. The lowest BCUT2D eigenvalue weighted by Gasteiger charge is -2.21. The van der Waals surface area contributed by atoms with E-state index in [4.69, 9.17) is 10.8 Å². The van der Waals surface area contributed by atoms with Gasteiger partial charge in [-0.25, -0.2) is 9.59 Å². The van der Waals surface area contributed by atoms with Crippen molar-refractivity contribution in [2.24, 2.45) is 0 Å².